The molecule has 0 aromatic heterocycles. The number of aryl methyl sites for hydroxylation is 2. The van der Waals surface area contributed by atoms with Crippen LogP contribution in [0.2, 0.25) is 0 Å². The maximum atomic E-state index is 6.29. The smallest absolute Gasteiger partial charge is 0.126 e. The molecule has 1 aromatic rings. The van der Waals surface area contributed by atoms with Crippen LogP contribution in [0.1, 0.15) is 35.6 Å². The summed E-state index contributed by atoms with van der Waals surface area (Å²) in [6.45, 7) is 9.62. The molecule has 0 fully saturated rings. The maximum absolute atomic E-state index is 6.29. The molecule has 0 saturated heterocycles. The summed E-state index contributed by atoms with van der Waals surface area (Å²) in [7, 11) is 1.98. The Hall–Kier alpha value is -1.02. The van der Waals surface area contributed by atoms with Gasteiger partial charge in [-0.25, -0.2) is 0 Å². The molecule has 0 saturated carbocycles. The lowest BCUT2D eigenvalue weighted by molar-refractivity contribution is 0.0655. The minimum atomic E-state index is -0.0628. The van der Waals surface area contributed by atoms with Crippen LogP contribution in [-0.4, -0.2) is 19.2 Å². The van der Waals surface area contributed by atoms with Crippen molar-refractivity contribution in [2.75, 3.05) is 13.6 Å². The molecule has 1 atom stereocenters. The van der Waals surface area contributed by atoms with Gasteiger partial charge in [-0.2, -0.15) is 0 Å². The first-order valence-electron chi connectivity index (χ1n) is 6.40. The highest BCUT2D eigenvalue weighted by Gasteiger charge is 2.32. The number of nitrogens with one attached hydrogen (secondary N) is 1. The summed E-state index contributed by atoms with van der Waals surface area (Å²) in [5.41, 5.74) is 5.34. The van der Waals surface area contributed by atoms with Crippen LogP contribution in [0.5, 0.6) is 5.75 Å². The van der Waals surface area contributed by atoms with E-state index in [0.717, 1.165) is 25.1 Å². The lowest BCUT2D eigenvalue weighted by Gasteiger charge is -2.37. The monoisotopic (exact) mass is 233 g/mol. The van der Waals surface area contributed by atoms with Gasteiger partial charge in [-0.1, -0.05) is 6.07 Å². The van der Waals surface area contributed by atoms with E-state index in [0.29, 0.717) is 0 Å². The molecule has 0 unspecified atom stereocenters. The Kier molecular flexibility index (Phi) is 3.17. The van der Waals surface area contributed by atoms with Gasteiger partial charge in [0.2, 0.25) is 0 Å². The molecule has 1 aromatic carbocycles. The van der Waals surface area contributed by atoms with E-state index in [1.165, 1.54) is 22.3 Å². The van der Waals surface area contributed by atoms with E-state index in [1.807, 2.05) is 7.05 Å². The zero-order chi connectivity index (χ0) is 12.6. The number of rotatable bonds is 2. The van der Waals surface area contributed by atoms with E-state index in [4.69, 9.17) is 4.74 Å². The van der Waals surface area contributed by atoms with Crippen LogP contribution in [-0.2, 0) is 6.42 Å². The second-order valence-corrected chi connectivity index (χ2v) is 5.53. The SMILES string of the molecule is CNC[C@]1(C)CCc2c(C)cc(C)c(C)c2O1. The molecule has 1 N–H and O–H groups in total. The van der Waals surface area contributed by atoms with Gasteiger partial charge in [0, 0.05) is 6.54 Å². The van der Waals surface area contributed by atoms with Crippen LogP contribution in [0.25, 0.3) is 0 Å². The van der Waals surface area contributed by atoms with Gasteiger partial charge in [0.25, 0.3) is 0 Å². The van der Waals surface area contributed by atoms with E-state index >= 15 is 0 Å². The second kappa shape index (κ2) is 4.34. The first-order valence-corrected chi connectivity index (χ1v) is 6.40. The zero-order valence-electron chi connectivity index (χ0n) is 11.6. The molecule has 0 radical (unpaired) electrons. The van der Waals surface area contributed by atoms with Crippen LogP contribution < -0.4 is 10.1 Å². The van der Waals surface area contributed by atoms with E-state index in [1.54, 1.807) is 0 Å². The number of hydrogen-bond acceptors (Lipinski definition) is 2. The van der Waals surface area contributed by atoms with Crippen molar-refractivity contribution in [3.05, 3.63) is 28.3 Å². The van der Waals surface area contributed by atoms with E-state index < -0.39 is 0 Å². The largest absolute Gasteiger partial charge is 0.486 e. The zero-order valence-corrected chi connectivity index (χ0v) is 11.6. The van der Waals surface area contributed by atoms with Crippen molar-refractivity contribution >= 4 is 0 Å². The predicted octanol–water partition coefficient (Wildman–Crippen LogP) is 2.91. The van der Waals surface area contributed by atoms with Crippen LogP contribution in [0.15, 0.2) is 6.07 Å². The van der Waals surface area contributed by atoms with Crippen molar-refractivity contribution in [3.8, 4) is 5.75 Å². The number of ether oxygens (including phenoxy) is 1. The highest BCUT2D eigenvalue weighted by molar-refractivity contribution is 5.51. The lowest BCUT2D eigenvalue weighted by Crippen LogP contribution is -2.44. The van der Waals surface area contributed by atoms with Gasteiger partial charge in [0.1, 0.15) is 11.4 Å². The number of likely N-dealkylation sites (N-methyl/N-ethyl adjacent to an activating group) is 1. The van der Waals surface area contributed by atoms with Crippen molar-refractivity contribution in [2.24, 2.45) is 0 Å². The second-order valence-electron chi connectivity index (χ2n) is 5.53. The fourth-order valence-electron chi connectivity index (χ4n) is 2.74. The Balaban J connectivity index is 2.43. The normalized spacial score (nSPS) is 23.1. The third-order valence-corrected chi connectivity index (χ3v) is 3.92. The van der Waals surface area contributed by atoms with Gasteiger partial charge in [0.15, 0.2) is 0 Å². The molecule has 94 valence electrons. The van der Waals surface area contributed by atoms with Crippen molar-refractivity contribution in [1.29, 1.82) is 0 Å². The van der Waals surface area contributed by atoms with Crippen LogP contribution in [0.4, 0.5) is 0 Å². The van der Waals surface area contributed by atoms with E-state index in [2.05, 4.69) is 39.1 Å². The molecule has 2 nitrogen and oxygen atoms in total. The quantitative estimate of drug-likeness (QED) is 0.848. The molecule has 1 aliphatic heterocycles. The molecular weight excluding hydrogens is 210 g/mol. The Labute approximate surface area is 104 Å². The van der Waals surface area contributed by atoms with Gasteiger partial charge in [-0.05, 0) is 69.8 Å². The van der Waals surface area contributed by atoms with Crippen LogP contribution in [0.3, 0.4) is 0 Å². The highest BCUT2D eigenvalue weighted by Crippen LogP contribution is 2.38. The molecule has 17 heavy (non-hydrogen) atoms. The summed E-state index contributed by atoms with van der Waals surface area (Å²) in [5.74, 6) is 1.13. The topological polar surface area (TPSA) is 21.3 Å². The van der Waals surface area contributed by atoms with Gasteiger partial charge in [-0.3, -0.25) is 0 Å². The Morgan fingerprint density at radius 3 is 2.65 bits per heavy atom. The summed E-state index contributed by atoms with van der Waals surface area (Å²) in [6, 6.07) is 2.28. The molecule has 0 bridgehead atoms. The summed E-state index contributed by atoms with van der Waals surface area (Å²) < 4.78 is 6.29. The predicted molar refractivity (Wildman–Crippen MR) is 71.9 cm³/mol. The molecule has 1 aliphatic rings. The van der Waals surface area contributed by atoms with Crippen molar-refractivity contribution in [3.63, 3.8) is 0 Å². The molecule has 2 heteroatoms. The average molecular weight is 233 g/mol. The third kappa shape index (κ3) is 2.19. The molecule has 0 spiro atoms. The Bertz CT molecular complexity index is 439. The Morgan fingerprint density at radius 1 is 1.29 bits per heavy atom. The summed E-state index contributed by atoms with van der Waals surface area (Å²) in [4.78, 5) is 0. The van der Waals surface area contributed by atoms with E-state index in [9.17, 15) is 0 Å². The minimum Gasteiger partial charge on any atom is -0.486 e. The van der Waals surface area contributed by atoms with Gasteiger partial charge >= 0.3 is 0 Å². The fourth-order valence-corrected chi connectivity index (χ4v) is 2.74. The molecule has 2 rings (SSSR count). The van der Waals surface area contributed by atoms with Gasteiger partial charge < -0.3 is 10.1 Å². The third-order valence-electron chi connectivity index (χ3n) is 3.92. The number of fused-ring (bicyclic) bond motifs is 1. The Morgan fingerprint density at radius 2 is 2.00 bits per heavy atom. The van der Waals surface area contributed by atoms with Crippen LogP contribution in [0, 0.1) is 20.8 Å². The standard InChI is InChI=1S/C15H23NO/c1-10-8-11(2)13-6-7-15(4,9-16-5)17-14(13)12(10)3/h8,16H,6-7,9H2,1-5H3/t15-/m0/s1. The molecule has 0 aliphatic carbocycles. The van der Waals surface area contributed by atoms with Gasteiger partial charge in [-0.15, -0.1) is 0 Å². The van der Waals surface area contributed by atoms with Gasteiger partial charge in [0.05, 0.1) is 0 Å². The molecule has 1 heterocycles. The van der Waals surface area contributed by atoms with Crippen molar-refractivity contribution < 1.29 is 4.74 Å². The first-order chi connectivity index (χ1) is 7.97. The molecule has 0 amide bonds. The lowest BCUT2D eigenvalue weighted by atomic mass is 9.88. The number of hydrogen-bond donors (Lipinski definition) is 1. The van der Waals surface area contributed by atoms with Crippen molar-refractivity contribution in [2.45, 2.75) is 46.1 Å². The number of benzene rings is 1. The van der Waals surface area contributed by atoms with Crippen molar-refractivity contribution in [1.82, 2.24) is 5.32 Å². The summed E-state index contributed by atoms with van der Waals surface area (Å²) in [6.07, 6.45) is 2.21. The summed E-state index contributed by atoms with van der Waals surface area (Å²) in [5, 5.41) is 3.23. The maximum Gasteiger partial charge on any atom is 0.126 e. The molecular formula is C15H23NO. The van der Waals surface area contributed by atoms with Crippen LogP contribution >= 0.6 is 0 Å². The highest BCUT2D eigenvalue weighted by atomic mass is 16.5. The summed E-state index contributed by atoms with van der Waals surface area (Å²) >= 11 is 0. The average Bonchev–Trinajstić information content (AvgIpc) is 2.26. The first kappa shape index (κ1) is 12.4. The minimum absolute atomic E-state index is 0.0628. The van der Waals surface area contributed by atoms with E-state index in [-0.39, 0.29) is 5.60 Å². The fraction of sp³-hybridized carbons (Fsp3) is 0.600.